The van der Waals surface area contributed by atoms with Gasteiger partial charge in [0.2, 0.25) is 5.88 Å². The van der Waals surface area contributed by atoms with E-state index in [1.54, 1.807) is 17.1 Å². The average molecular weight is 325 g/mol. The molecule has 23 heavy (non-hydrogen) atoms. The number of nitrogens with zero attached hydrogens (tertiary/aromatic N) is 2. The van der Waals surface area contributed by atoms with Gasteiger partial charge in [-0.3, -0.25) is 4.79 Å². The molecule has 3 rings (SSSR count). The first kappa shape index (κ1) is 15.2. The zero-order valence-electron chi connectivity index (χ0n) is 12.5. The zero-order valence-corrected chi connectivity index (χ0v) is 13.3. The predicted octanol–water partition coefficient (Wildman–Crippen LogP) is 3.57. The van der Waals surface area contributed by atoms with E-state index in [2.05, 4.69) is 15.3 Å². The number of aryl methyl sites for hydroxylation is 1. The van der Waals surface area contributed by atoms with Crippen LogP contribution >= 0.6 is 11.3 Å². The lowest BCUT2D eigenvalue weighted by atomic mass is 10.2. The molecular weight excluding hydrogens is 310 g/mol. The van der Waals surface area contributed by atoms with E-state index in [9.17, 15) is 4.79 Å². The number of hydrogen-bond donors (Lipinski definition) is 1. The van der Waals surface area contributed by atoms with Crippen molar-refractivity contribution in [2.24, 2.45) is 0 Å². The van der Waals surface area contributed by atoms with Crippen molar-refractivity contribution in [1.82, 2.24) is 15.3 Å². The van der Waals surface area contributed by atoms with Crippen molar-refractivity contribution in [2.75, 3.05) is 0 Å². The number of para-hydroxylation sites is 1. The summed E-state index contributed by atoms with van der Waals surface area (Å²) in [5.74, 6) is 1.02. The number of amides is 1. The van der Waals surface area contributed by atoms with E-state index < -0.39 is 0 Å². The number of hydrogen-bond acceptors (Lipinski definition) is 5. The molecule has 0 aliphatic rings. The summed E-state index contributed by atoms with van der Waals surface area (Å²) in [6.45, 7) is 2.30. The first-order valence-electron chi connectivity index (χ1n) is 7.08. The van der Waals surface area contributed by atoms with Gasteiger partial charge < -0.3 is 10.1 Å². The third-order valence-corrected chi connectivity index (χ3v) is 3.84. The van der Waals surface area contributed by atoms with Crippen LogP contribution in [-0.2, 0) is 6.54 Å². The Morgan fingerprint density at radius 2 is 2.09 bits per heavy atom. The quantitative estimate of drug-likeness (QED) is 0.779. The van der Waals surface area contributed by atoms with Crippen LogP contribution in [0.1, 0.15) is 21.6 Å². The summed E-state index contributed by atoms with van der Waals surface area (Å²) in [6, 6.07) is 11.4. The predicted molar refractivity (Wildman–Crippen MR) is 88.8 cm³/mol. The molecule has 0 bridgehead atoms. The van der Waals surface area contributed by atoms with Crippen LogP contribution in [0.15, 0.2) is 53.5 Å². The Morgan fingerprint density at radius 1 is 1.22 bits per heavy atom. The van der Waals surface area contributed by atoms with E-state index in [4.69, 9.17) is 4.74 Å². The van der Waals surface area contributed by atoms with Crippen LogP contribution in [0.5, 0.6) is 11.6 Å². The van der Waals surface area contributed by atoms with Crippen LogP contribution in [0.4, 0.5) is 0 Å². The second-order valence-corrected chi connectivity index (χ2v) is 5.61. The molecule has 0 radical (unpaired) electrons. The Balaban J connectivity index is 1.73. The second kappa shape index (κ2) is 7.02. The van der Waals surface area contributed by atoms with E-state index in [0.717, 1.165) is 16.9 Å². The van der Waals surface area contributed by atoms with Crippen molar-refractivity contribution < 1.29 is 9.53 Å². The minimum Gasteiger partial charge on any atom is -0.438 e. The number of carbonyl (C=O) groups is 1. The molecule has 0 aliphatic carbocycles. The summed E-state index contributed by atoms with van der Waals surface area (Å²) in [6.07, 6.45) is 1.67. The molecule has 5 nitrogen and oxygen atoms in total. The molecule has 0 atom stereocenters. The smallest absolute Gasteiger partial charge is 0.271 e. The lowest BCUT2D eigenvalue weighted by Gasteiger charge is -2.11. The molecule has 1 N–H and O–H groups in total. The first-order chi connectivity index (χ1) is 11.2. The van der Waals surface area contributed by atoms with Gasteiger partial charge in [0.05, 0.1) is 5.51 Å². The highest BCUT2D eigenvalue weighted by Gasteiger charge is 2.11. The van der Waals surface area contributed by atoms with Crippen LogP contribution in [0.2, 0.25) is 0 Å². The first-order valence-corrected chi connectivity index (χ1v) is 8.02. The minimum absolute atomic E-state index is 0.211. The lowest BCUT2D eigenvalue weighted by Crippen LogP contribution is -2.23. The van der Waals surface area contributed by atoms with Gasteiger partial charge in [0.25, 0.3) is 5.91 Å². The normalized spacial score (nSPS) is 10.3. The van der Waals surface area contributed by atoms with Gasteiger partial charge in [-0.1, -0.05) is 24.3 Å². The highest BCUT2D eigenvalue weighted by Crippen LogP contribution is 2.25. The molecule has 6 heteroatoms. The molecular formula is C17H15N3O2S. The highest BCUT2D eigenvalue weighted by molar-refractivity contribution is 7.07. The maximum atomic E-state index is 12.0. The lowest BCUT2D eigenvalue weighted by molar-refractivity contribution is 0.0946. The third kappa shape index (κ3) is 3.73. The van der Waals surface area contributed by atoms with Crippen molar-refractivity contribution >= 4 is 17.2 Å². The molecule has 0 saturated carbocycles. The van der Waals surface area contributed by atoms with Crippen molar-refractivity contribution in [1.29, 1.82) is 0 Å². The second-order valence-electron chi connectivity index (χ2n) is 4.89. The van der Waals surface area contributed by atoms with Crippen LogP contribution in [0.3, 0.4) is 0 Å². The molecule has 3 aromatic rings. The fraction of sp³-hybridized carbons (Fsp3) is 0.118. The Hall–Kier alpha value is -2.73. The Bertz CT molecular complexity index is 803. The van der Waals surface area contributed by atoms with Gasteiger partial charge in [0.1, 0.15) is 11.4 Å². The molecule has 0 unspecified atom stereocenters. The molecule has 0 aliphatic heterocycles. The van der Waals surface area contributed by atoms with Gasteiger partial charge in [-0.25, -0.2) is 9.97 Å². The van der Waals surface area contributed by atoms with Crippen molar-refractivity contribution in [3.05, 3.63) is 70.3 Å². The van der Waals surface area contributed by atoms with E-state index in [-0.39, 0.29) is 5.91 Å². The molecule has 0 spiro atoms. The van der Waals surface area contributed by atoms with E-state index >= 15 is 0 Å². The highest BCUT2D eigenvalue weighted by atomic mass is 32.1. The van der Waals surface area contributed by atoms with Gasteiger partial charge in [-0.05, 0) is 24.6 Å². The third-order valence-electron chi connectivity index (χ3n) is 3.25. The summed E-state index contributed by atoms with van der Waals surface area (Å²) in [5.41, 5.74) is 3.88. The molecule has 1 amide bonds. The number of ether oxygens (including phenoxy) is 1. The molecule has 1 aromatic carbocycles. The Morgan fingerprint density at radius 3 is 2.87 bits per heavy atom. The van der Waals surface area contributed by atoms with E-state index in [1.807, 2.05) is 43.3 Å². The van der Waals surface area contributed by atoms with E-state index in [0.29, 0.717) is 18.1 Å². The molecule has 116 valence electrons. The summed E-state index contributed by atoms with van der Waals surface area (Å²) >= 11 is 1.39. The number of rotatable bonds is 5. The Labute approximate surface area is 138 Å². The number of benzene rings is 1. The number of carbonyl (C=O) groups excluding carboxylic acids is 1. The van der Waals surface area contributed by atoms with Gasteiger partial charge in [-0.15, -0.1) is 11.3 Å². The van der Waals surface area contributed by atoms with Gasteiger partial charge in [0, 0.05) is 23.7 Å². The fourth-order valence-electron chi connectivity index (χ4n) is 2.02. The summed E-state index contributed by atoms with van der Waals surface area (Å²) < 4.78 is 5.89. The number of thiazole rings is 1. The van der Waals surface area contributed by atoms with Crippen LogP contribution in [0, 0.1) is 6.92 Å². The molecule has 2 aromatic heterocycles. The number of pyridine rings is 1. The number of nitrogens with one attached hydrogen (secondary N) is 1. The van der Waals surface area contributed by atoms with Gasteiger partial charge in [0.15, 0.2) is 0 Å². The van der Waals surface area contributed by atoms with Gasteiger partial charge in [-0.2, -0.15) is 0 Å². The monoisotopic (exact) mass is 325 g/mol. The average Bonchev–Trinajstić information content (AvgIpc) is 3.10. The minimum atomic E-state index is -0.211. The van der Waals surface area contributed by atoms with Crippen LogP contribution < -0.4 is 10.1 Å². The molecule has 0 saturated heterocycles. The zero-order chi connectivity index (χ0) is 16.1. The van der Waals surface area contributed by atoms with Crippen molar-refractivity contribution in [2.45, 2.75) is 13.5 Å². The topological polar surface area (TPSA) is 64.1 Å². The van der Waals surface area contributed by atoms with Crippen molar-refractivity contribution in [3.63, 3.8) is 0 Å². The summed E-state index contributed by atoms with van der Waals surface area (Å²) in [4.78, 5) is 20.2. The summed E-state index contributed by atoms with van der Waals surface area (Å²) in [7, 11) is 0. The maximum absolute atomic E-state index is 12.0. The SMILES string of the molecule is Cc1ccccc1Oc1ncccc1CNC(=O)c1cscn1. The van der Waals surface area contributed by atoms with Crippen molar-refractivity contribution in [3.8, 4) is 11.6 Å². The van der Waals surface area contributed by atoms with Crippen LogP contribution in [-0.4, -0.2) is 15.9 Å². The standard InChI is InChI=1S/C17H15N3O2S/c1-12-5-2-3-7-15(12)22-17-13(6-4-8-18-17)9-19-16(21)14-10-23-11-20-14/h2-8,10-11H,9H2,1H3,(H,19,21). The molecule has 2 heterocycles. The van der Waals surface area contributed by atoms with Gasteiger partial charge >= 0.3 is 0 Å². The maximum Gasteiger partial charge on any atom is 0.271 e. The summed E-state index contributed by atoms with van der Waals surface area (Å²) in [5, 5.41) is 4.54. The number of aromatic nitrogens is 2. The molecule has 0 fully saturated rings. The van der Waals surface area contributed by atoms with E-state index in [1.165, 1.54) is 11.3 Å². The Kier molecular flexibility index (Phi) is 4.63. The fourth-order valence-corrected chi connectivity index (χ4v) is 2.55. The largest absolute Gasteiger partial charge is 0.438 e. The van der Waals surface area contributed by atoms with Crippen LogP contribution in [0.25, 0.3) is 0 Å².